The van der Waals surface area contributed by atoms with Crippen molar-refractivity contribution in [3.8, 4) is 0 Å². The summed E-state index contributed by atoms with van der Waals surface area (Å²) in [7, 11) is 0. The Labute approximate surface area is 190 Å². The van der Waals surface area contributed by atoms with Crippen molar-refractivity contribution in [3.05, 3.63) is 42.1 Å². The molecule has 0 radical (unpaired) electrons. The Kier molecular flexibility index (Phi) is 4.77. The number of rotatable bonds is 4. The number of hydrogen-bond donors (Lipinski definition) is 2. The number of halogens is 1. The number of fused-ring (bicyclic) bond motifs is 3. The standard InChI is InChI=1S/C23H26FN5O4/c24-12-29-17-5-2-1-4-15(17)23(21(29)31)10-16(27-22(23)8-3-9-22)19(30)26-14-6-7-18(32-11-14)20-28-25-13-33-20/h1-2,4-5,13-14,16,18,27H,3,6-12H2,(H,26,30)/t14-,16?,18+,23?/m1/s1. The molecule has 2 amide bonds. The van der Waals surface area contributed by atoms with E-state index in [2.05, 4.69) is 20.8 Å². The summed E-state index contributed by atoms with van der Waals surface area (Å²) >= 11 is 0. The molecule has 1 saturated carbocycles. The zero-order valence-corrected chi connectivity index (χ0v) is 18.1. The molecule has 174 valence electrons. The summed E-state index contributed by atoms with van der Waals surface area (Å²) in [5.74, 6) is 0.0611. The topological polar surface area (TPSA) is 110 Å². The van der Waals surface area contributed by atoms with Crippen LogP contribution in [0.15, 0.2) is 35.1 Å². The molecule has 2 spiro atoms. The van der Waals surface area contributed by atoms with E-state index in [0.717, 1.165) is 31.2 Å². The SMILES string of the molecule is O=C(N[C@@H]1CC[C@@H](c2nnco2)OC1)C1CC2(C(=O)N(CF)c3ccccc32)C2(CCC2)N1. The number of hydrogen-bond acceptors (Lipinski definition) is 7. The van der Waals surface area contributed by atoms with Crippen molar-refractivity contribution < 1.29 is 23.1 Å². The average molecular weight is 455 g/mol. The quantitative estimate of drug-likeness (QED) is 0.678. The minimum atomic E-state index is -0.915. The van der Waals surface area contributed by atoms with E-state index in [1.807, 2.05) is 18.2 Å². The molecule has 1 aromatic heterocycles. The van der Waals surface area contributed by atoms with E-state index < -0.39 is 23.8 Å². The van der Waals surface area contributed by atoms with E-state index in [4.69, 9.17) is 9.15 Å². The Morgan fingerprint density at radius 3 is 2.82 bits per heavy atom. The number of nitrogens with one attached hydrogen (secondary N) is 2. The van der Waals surface area contributed by atoms with Crippen LogP contribution in [-0.4, -0.2) is 53.0 Å². The molecule has 2 unspecified atom stereocenters. The van der Waals surface area contributed by atoms with E-state index >= 15 is 0 Å². The van der Waals surface area contributed by atoms with E-state index in [1.165, 1.54) is 11.3 Å². The highest BCUT2D eigenvalue weighted by atomic mass is 19.1. The molecule has 2 aromatic rings. The summed E-state index contributed by atoms with van der Waals surface area (Å²) in [6.45, 7) is -0.523. The Hall–Kier alpha value is -2.85. The van der Waals surface area contributed by atoms with Gasteiger partial charge in [0.25, 0.3) is 0 Å². The number of amides is 2. The molecule has 9 nitrogen and oxygen atoms in total. The van der Waals surface area contributed by atoms with Crippen molar-refractivity contribution >= 4 is 17.5 Å². The summed E-state index contributed by atoms with van der Waals surface area (Å²) in [5.41, 5.74) is 0.0192. The highest BCUT2D eigenvalue weighted by Crippen LogP contribution is 2.60. The second-order valence-corrected chi connectivity index (χ2v) is 9.49. The summed E-state index contributed by atoms with van der Waals surface area (Å²) in [6.07, 6.45) is 5.27. The van der Waals surface area contributed by atoms with Gasteiger partial charge >= 0.3 is 0 Å². The fraction of sp³-hybridized carbons (Fsp3) is 0.565. The molecule has 10 heteroatoms. The smallest absolute Gasteiger partial charge is 0.244 e. The summed E-state index contributed by atoms with van der Waals surface area (Å²) < 4.78 is 25.0. The number of ether oxygens (including phenoxy) is 1. The molecule has 3 fully saturated rings. The van der Waals surface area contributed by atoms with Crippen LogP contribution in [0.3, 0.4) is 0 Å². The lowest BCUT2D eigenvalue weighted by Gasteiger charge is -2.49. The van der Waals surface area contributed by atoms with E-state index in [0.29, 0.717) is 31.0 Å². The summed E-state index contributed by atoms with van der Waals surface area (Å²) in [4.78, 5) is 28.1. The normalized spacial score (nSPS) is 32.2. The van der Waals surface area contributed by atoms with Crippen LogP contribution in [-0.2, 0) is 19.7 Å². The van der Waals surface area contributed by atoms with Gasteiger partial charge in [0.2, 0.25) is 24.1 Å². The van der Waals surface area contributed by atoms with Crippen LogP contribution < -0.4 is 15.5 Å². The van der Waals surface area contributed by atoms with Crippen molar-refractivity contribution in [2.24, 2.45) is 0 Å². The van der Waals surface area contributed by atoms with Crippen LogP contribution in [0.2, 0.25) is 0 Å². The van der Waals surface area contributed by atoms with Crippen LogP contribution in [0.25, 0.3) is 0 Å². The zero-order valence-electron chi connectivity index (χ0n) is 18.1. The molecular weight excluding hydrogens is 429 g/mol. The van der Waals surface area contributed by atoms with E-state index in [-0.39, 0.29) is 24.0 Å². The lowest BCUT2D eigenvalue weighted by molar-refractivity contribution is -0.127. The maximum atomic E-state index is 13.9. The largest absolute Gasteiger partial charge is 0.425 e. The first-order valence-corrected chi connectivity index (χ1v) is 11.5. The molecule has 1 aromatic carbocycles. The van der Waals surface area contributed by atoms with Gasteiger partial charge in [-0.1, -0.05) is 18.2 Å². The Morgan fingerprint density at radius 2 is 2.15 bits per heavy atom. The number of nitrogens with zero attached hydrogens (tertiary/aromatic N) is 3. The van der Waals surface area contributed by atoms with Gasteiger partial charge in [0.15, 0.2) is 6.80 Å². The molecule has 1 aliphatic carbocycles. The first-order chi connectivity index (χ1) is 16.1. The molecule has 4 atom stereocenters. The van der Waals surface area contributed by atoms with Crippen LogP contribution >= 0.6 is 0 Å². The van der Waals surface area contributed by atoms with Gasteiger partial charge in [-0.05, 0) is 50.2 Å². The van der Waals surface area contributed by atoms with Gasteiger partial charge < -0.3 is 14.5 Å². The van der Waals surface area contributed by atoms with Crippen LogP contribution in [0.4, 0.5) is 10.1 Å². The Bertz CT molecular complexity index is 1070. The highest BCUT2D eigenvalue weighted by molar-refractivity contribution is 6.10. The van der Waals surface area contributed by atoms with Gasteiger partial charge in [0.1, 0.15) is 6.10 Å². The number of aromatic nitrogens is 2. The second-order valence-electron chi connectivity index (χ2n) is 9.49. The first kappa shape index (κ1) is 20.7. The molecule has 6 rings (SSSR count). The van der Waals surface area contributed by atoms with Gasteiger partial charge in [-0.2, -0.15) is 0 Å². The van der Waals surface area contributed by atoms with Crippen molar-refractivity contribution in [3.63, 3.8) is 0 Å². The minimum Gasteiger partial charge on any atom is -0.425 e. The maximum Gasteiger partial charge on any atom is 0.244 e. The predicted octanol–water partition coefficient (Wildman–Crippen LogP) is 1.90. The second kappa shape index (κ2) is 7.59. The average Bonchev–Trinajstić information content (AvgIpc) is 3.52. The highest BCUT2D eigenvalue weighted by Gasteiger charge is 2.70. The van der Waals surface area contributed by atoms with Gasteiger partial charge in [-0.15, -0.1) is 10.2 Å². The first-order valence-electron chi connectivity index (χ1n) is 11.5. The number of carbonyl (C=O) groups excluding carboxylic acids is 2. The summed E-state index contributed by atoms with van der Waals surface area (Å²) in [6, 6.07) is 6.74. The number of carbonyl (C=O) groups is 2. The van der Waals surface area contributed by atoms with Crippen LogP contribution in [0, 0.1) is 0 Å². The molecule has 0 bridgehead atoms. The van der Waals surface area contributed by atoms with Crippen LogP contribution in [0.5, 0.6) is 0 Å². The maximum absolute atomic E-state index is 13.9. The summed E-state index contributed by atoms with van der Waals surface area (Å²) in [5, 5.41) is 14.2. The van der Waals surface area contributed by atoms with Gasteiger partial charge in [-0.3, -0.25) is 19.8 Å². The van der Waals surface area contributed by atoms with Crippen molar-refractivity contribution in [1.29, 1.82) is 0 Å². The number of alkyl halides is 1. The van der Waals surface area contributed by atoms with Crippen molar-refractivity contribution in [1.82, 2.24) is 20.8 Å². The zero-order chi connectivity index (χ0) is 22.6. The Morgan fingerprint density at radius 1 is 1.30 bits per heavy atom. The third-order valence-electron chi connectivity index (χ3n) is 7.96. The molecule has 3 aliphatic heterocycles. The fourth-order valence-corrected chi connectivity index (χ4v) is 6.26. The van der Waals surface area contributed by atoms with Gasteiger partial charge in [0.05, 0.1) is 29.8 Å². The molecule has 4 aliphatic rings. The van der Waals surface area contributed by atoms with Crippen LogP contribution in [0.1, 0.15) is 56.1 Å². The monoisotopic (exact) mass is 455 g/mol. The third kappa shape index (κ3) is 2.90. The molecule has 33 heavy (non-hydrogen) atoms. The number of anilines is 1. The number of benzene rings is 1. The molecule has 2 N–H and O–H groups in total. The van der Waals surface area contributed by atoms with Gasteiger partial charge in [-0.25, -0.2) is 4.39 Å². The lowest BCUT2D eigenvalue weighted by atomic mass is 9.57. The molecule has 4 heterocycles. The predicted molar refractivity (Wildman–Crippen MR) is 114 cm³/mol. The molecule has 2 saturated heterocycles. The number of para-hydroxylation sites is 1. The van der Waals surface area contributed by atoms with E-state index in [9.17, 15) is 14.0 Å². The Balaban J connectivity index is 1.20. The van der Waals surface area contributed by atoms with Crippen molar-refractivity contribution in [2.75, 3.05) is 18.3 Å². The van der Waals surface area contributed by atoms with E-state index in [1.54, 1.807) is 6.07 Å². The lowest BCUT2D eigenvalue weighted by Crippen LogP contribution is -2.63. The third-order valence-corrected chi connectivity index (χ3v) is 7.96. The van der Waals surface area contributed by atoms with Gasteiger partial charge in [0, 0.05) is 5.54 Å². The minimum absolute atomic E-state index is 0.138. The fourth-order valence-electron chi connectivity index (χ4n) is 6.26. The van der Waals surface area contributed by atoms with Crippen molar-refractivity contribution in [2.45, 2.75) is 67.7 Å². The molecular formula is C23H26FN5O4.